The normalized spacial score (nSPS) is 11.0. The van der Waals surface area contributed by atoms with E-state index < -0.39 is 5.97 Å². The van der Waals surface area contributed by atoms with E-state index in [-0.39, 0.29) is 11.6 Å². The lowest BCUT2D eigenvalue weighted by atomic mass is 10.2. The molecule has 27 heavy (non-hydrogen) atoms. The van der Waals surface area contributed by atoms with Gasteiger partial charge in [-0.2, -0.15) is 5.10 Å². The number of anilines is 1. The Morgan fingerprint density at radius 2 is 2.07 bits per heavy atom. The van der Waals surface area contributed by atoms with Crippen molar-refractivity contribution in [1.82, 2.24) is 24.8 Å². The van der Waals surface area contributed by atoms with Crippen molar-refractivity contribution < 1.29 is 14.7 Å². The van der Waals surface area contributed by atoms with Crippen molar-refractivity contribution in [1.29, 1.82) is 0 Å². The van der Waals surface area contributed by atoms with Crippen molar-refractivity contribution >= 4 is 17.6 Å². The summed E-state index contributed by atoms with van der Waals surface area (Å²) >= 11 is 0. The average Bonchev–Trinajstić information content (AvgIpc) is 3.23. The van der Waals surface area contributed by atoms with Gasteiger partial charge in [0.05, 0.1) is 23.6 Å². The molecule has 9 heteroatoms. The quantitative estimate of drug-likeness (QED) is 0.690. The van der Waals surface area contributed by atoms with Crippen molar-refractivity contribution in [2.45, 2.75) is 27.3 Å². The Hall–Kier alpha value is -3.49. The van der Waals surface area contributed by atoms with Crippen LogP contribution in [0.5, 0.6) is 0 Å². The van der Waals surface area contributed by atoms with E-state index in [4.69, 9.17) is 5.11 Å². The first-order valence-corrected chi connectivity index (χ1v) is 8.45. The van der Waals surface area contributed by atoms with Crippen LogP contribution < -0.4 is 5.32 Å². The van der Waals surface area contributed by atoms with Crippen LogP contribution in [0.3, 0.4) is 0 Å². The number of carboxylic acid groups (broad SMARTS) is 1. The minimum Gasteiger partial charge on any atom is -0.476 e. The second-order valence-electron chi connectivity index (χ2n) is 6.58. The number of carbonyl (C=O) groups excluding carboxylic acids is 1. The molecule has 0 aliphatic rings. The number of nitrogens with zero attached hydrogens (tertiary/aromatic N) is 5. The lowest BCUT2D eigenvalue weighted by Gasteiger charge is -2.09. The average molecular weight is 368 g/mol. The van der Waals surface area contributed by atoms with Crippen molar-refractivity contribution in [3.8, 4) is 5.69 Å². The molecule has 0 aliphatic carbocycles. The van der Waals surface area contributed by atoms with E-state index >= 15 is 0 Å². The third-order valence-corrected chi connectivity index (χ3v) is 3.97. The van der Waals surface area contributed by atoms with Crippen LogP contribution in [0.25, 0.3) is 5.69 Å². The molecule has 0 atom stereocenters. The minimum atomic E-state index is -1.15. The fraction of sp³-hybridized carbons (Fsp3) is 0.278. The monoisotopic (exact) mass is 368 g/mol. The highest BCUT2D eigenvalue weighted by Crippen LogP contribution is 2.17. The maximum Gasteiger partial charge on any atom is 0.358 e. The van der Waals surface area contributed by atoms with Gasteiger partial charge in [-0.25, -0.2) is 9.48 Å². The van der Waals surface area contributed by atoms with Gasteiger partial charge >= 0.3 is 5.97 Å². The third-order valence-electron chi connectivity index (χ3n) is 3.97. The molecule has 3 rings (SSSR count). The van der Waals surface area contributed by atoms with Gasteiger partial charge < -0.3 is 10.4 Å². The smallest absolute Gasteiger partial charge is 0.358 e. The van der Waals surface area contributed by atoms with Crippen LogP contribution in [-0.2, 0) is 6.54 Å². The van der Waals surface area contributed by atoms with Gasteiger partial charge in [-0.1, -0.05) is 25.1 Å². The zero-order valence-electron chi connectivity index (χ0n) is 15.2. The molecule has 0 unspecified atom stereocenters. The standard InChI is InChI=1S/C18H20N6O3/c1-11(2)9-23-12(3)15(8-19-23)17(25)20-13-5-4-6-14(7-13)24-10-16(18(26)27)21-22-24/h4-8,10-11H,9H2,1-3H3,(H,20,25)(H,26,27). The lowest BCUT2D eigenvalue weighted by Crippen LogP contribution is -2.14. The highest BCUT2D eigenvalue weighted by molar-refractivity contribution is 6.05. The first kappa shape index (κ1) is 18.3. The van der Waals surface area contributed by atoms with Crippen LogP contribution in [0.15, 0.2) is 36.7 Å². The number of hydrogen-bond donors (Lipinski definition) is 2. The van der Waals surface area contributed by atoms with E-state index in [1.165, 1.54) is 10.9 Å². The number of rotatable bonds is 6. The summed E-state index contributed by atoms with van der Waals surface area (Å²) in [6.07, 6.45) is 2.87. The molecule has 0 saturated carbocycles. The molecule has 0 aliphatic heterocycles. The summed E-state index contributed by atoms with van der Waals surface area (Å²) in [5.41, 5.74) is 2.30. The number of aromatic carboxylic acids is 1. The minimum absolute atomic E-state index is 0.155. The number of carboxylic acids is 1. The van der Waals surface area contributed by atoms with Crippen LogP contribution in [0, 0.1) is 12.8 Å². The molecular weight excluding hydrogens is 348 g/mol. The molecule has 3 aromatic rings. The molecule has 9 nitrogen and oxygen atoms in total. The van der Waals surface area contributed by atoms with E-state index in [1.807, 2.05) is 11.6 Å². The van der Waals surface area contributed by atoms with Gasteiger partial charge in [0.25, 0.3) is 5.91 Å². The molecule has 0 radical (unpaired) electrons. The van der Waals surface area contributed by atoms with Crippen LogP contribution in [-0.4, -0.2) is 41.8 Å². The van der Waals surface area contributed by atoms with Crippen LogP contribution in [0.2, 0.25) is 0 Å². The molecule has 2 aromatic heterocycles. The summed E-state index contributed by atoms with van der Waals surface area (Å²) in [6, 6.07) is 6.90. The fourth-order valence-electron chi connectivity index (χ4n) is 2.61. The summed E-state index contributed by atoms with van der Waals surface area (Å²) in [7, 11) is 0. The van der Waals surface area contributed by atoms with Crippen molar-refractivity contribution in [2.24, 2.45) is 5.92 Å². The molecular formula is C18H20N6O3. The van der Waals surface area contributed by atoms with Gasteiger partial charge in [-0.05, 0) is 31.0 Å². The molecule has 0 bridgehead atoms. The number of benzene rings is 1. The molecule has 140 valence electrons. The Balaban J connectivity index is 1.79. The molecule has 2 heterocycles. The molecule has 0 spiro atoms. The lowest BCUT2D eigenvalue weighted by molar-refractivity contribution is 0.0690. The molecule has 2 N–H and O–H groups in total. The first-order valence-electron chi connectivity index (χ1n) is 8.45. The van der Waals surface area contributed by atoms with Gasteiger partial charge in [-0.15, -0.1) is 5.10 Å². The number of nitrogens with one attached hydrogen (secondary N) is 1. The van der Waals surface area contributed by atoms with E-state index in [9.17, 15) is 9.59 Å². The van der Waals surface area contributed by atoms with Gasteiger partial charge in [-0.3, -0.25) is 9.48 Å². The highest BCUT2D eigenvalue weighted by Gasteiger charge is 2.15. The highest BCUT2D eigenvalue weighted by atomic mass is 16.4. The van der Waals surface area contributed by atoms with Crippen molar-refractivity contribution in [2.75, 3.05) is 5.32 Å². The summed E-state index contributed by atoms with van der Waals surface area (Å²) in [4.78, 5) is 23.5. The van der Waals surface area contributed by atoms with Crippen molar-refractivity contribution in [3.05, 3.63) is 53.6 Å². The molecule has 1 aromatic carbocycles. The second-order valence-corrected chi connectivity index (χ2v) is 6.58. The summed E-state index contributed by atoms with van der Waals surface area (Å²) < 4.78 is 3.16. The fourth-order valence-corrected chi connectivity index (χ4v) is 2.61. The predicted octanol–water partition coefficient (Wildman–Crippen LogP) is 2.38. The van der Waals surface area contributed by atoms with Gasteiger partial charge in [0.1, 0.15) is 0 Å². The number of amides is 1. The van der Waals surface area contributed by atoms with E-state index in [0.717, 1.165) is 12.2 Å². The number of aromatic nitrogens is 5. The zero-order chi connectivity index (χ0) is 19.6. The molecule has 1 amide bonds. The maximum atomic E-state index is 12.6. The molecule has 0 fully saturated rings. The van der Waals surface area contributed by atoms with E-state index in [1.54, 1.807) is 30.5 Å². The second kappa shape index (κ2) is 7.40. The van der Waals surface area contributed by atoms with Gasteiger partial charge in [0.15, 0.2) is 5.69 Å². The Bertz CT molecular complexity index is 989. The molecule has 0 saturated heterocycles. The van der Waals surface area contributed by atoms with E-state index in [2.05, 4.69) is 34.6 Å². The summed E-state index contributed by atoms with van der Waals surface area (Å²) in [6.45, 7) is 6.79. The summed E-state index contributed by atoms with van der Waals surface area (Å²) in [5.74, 6) is -0.987. The maximum absolute atomic E-state index is 12.6. The topological polar surface area (TPSA) is 115 Å². The first-order chi connectivity index (χ1) is 12.8. The number of hydrogen-bond acceptors (Lipinski definition) is 5. The number of carbonyl (C=O) groups is 2. The van der Waals surface area contributed by atoms with Crippen molar-refractivity contribution in [3.63, 3.8) is 0 Å². The van der Waals surface area contributed by atoms with Crippen LogP contribution in [0.4, 0.5) is 5.69 Å². The Kier molecular flexibility index (Phi) is 5.02. The largest absolute Gasteiger partial charge is 0.476 e. The van der Waals surface area contributed by atoms with Gasteiger partial charge in [0.2, 0.25) is 0 Å². The van der Waals surface area contributed by atoms with Gasteiger partial charge in [0, 0.05) is 17.9 Å². The van der Waals surface area contributed by atoms with Crippen LogP contribution in [0.1, 0.15) is 40.4 Å². The third kappa shape index (κ3) is 4.02. The summed E-state index contributed by atoms with van der Waals surface area (Å²) in [5, 5.41) is 23.4. The Morgan fingerprint density at radius 1 is 1.30 bits per heavy atom. The Morgan fingerprint density at radius 3 is 2.74 bits per heavy atom. The SMILES string of the molecule is Cc1c(C(=O)Nc2cccc(-n3cc(C(=O)O)nn3)c2)cnn1CC(C)C. The Labute approximate surface area is 155 Å². The van der Waals surface area contributed by atoms with Crippen LogP contribution >= 0.6 is 0 Å². The zero-order valence-corrected chi connectivity index (χ0v) is 15.2. The predicted molar refractivity (Wildman–Crippen MR) is 98.1 cm³/mol. The van der Waals surface area contributed by atoms with E-state index in [0.29, 0.717) is 22.9 Å².